The number of nitrogens with one attached hydrogen (secondary N) is 2. The number of aromatic nitrogens is 3. The van der Waals surface area contributed by atoms with Crippen LogP contribution >= 0.6 is 18.1 Å². The van der Waals surface area contributed by atoms with E-state index in [1.165, 1.54) is 6.33 Å². The molecule has 1 saturated heterocycles. The fraction of sp³-hybridized carbons (Fsp3) is 0.205. The van der Waals surface area contributed by atoms with Gasteiger partial charge >= 0.3 is 6.87 Å². The number of anilines is 1. The van der Waals surface area contributed by atoms with Gasteiger partial charge in [-0.05, 0) is 46.1 Å². The zero-order chi connectivity index (χ0) is 36.0. The quantitative estimate of drug-likeness (QED) is 0.0864. The average Bonchev–Trinajstić information content (AvgIpc) is 3.64. The lowest BCUT2D eigenvalue weighted by Gasteiger charge is -2.50. The van der Waals surface area contributed by atoms with Gasteiger partial charge in [0.05, 0.1) is 30.2 Å². The summed E-state index contributed by atoms with van der Waals surface area (Å²) in [6, 6.07) is 41.8. The third-order valence-electron chi connectivity index (χ3n) is 9.13. The highest BCUT2D eigenvalue weighted by Gasteiger charge is 2.46. The number of morpholine rings is 1. The van der Waals surface area contributed by atoms with Crippen LogP contribution in [-0.4, -0.2) is 69.4 Å². The molecule has 7 rings (SSSR count). The zero-order valence-electron chi connectivity index (χ0n) is 28.2. The van der Waals surface area contributed by atoms with Crippen LogP contribution in [0.3, 0.4) is 0 Å². The maximum Gasteiger partial charge on any atom is 0.360 e. The third kappa shape index (κ3) is 7.44. The Labute approximate surface area is 306 Å². The molecule has 1 aliphatic rings. The van der Waals surface area contributed by atoms with Gasteiger partial charge in [0.1, 0.15) is 24.0 Å². The molecular weight excluding hydrogens is 699 g/mol. The molecule has 4 aromatic carbocycles. The number of aliphatic hydroxyl groups is 1. The predicted molar refractivity (Wildman–Crippen MR) is 201 cm³/mol. The molecule has 0 radical (unpaired) electrons. The first-order valence-electron chi connectivity index (χ1n) is 16.9. The number of rotatable bonds is 13. The number of carbonyl (C=O) groups is 1. The van der Waals surface area contributed by atoms with E-state index in [0.717, 1.165) is 16.7 Å². The third-order valence-corrected chi connectivity index (χ3v) is 10.9. The molecule has 1 amide bonds. The zero-order valence-corrected chi connectivity index (χ0v) is 29.8. The Morgan fingerprint density at radius 2 is 1.44 bits per heavy atom. The van der Waals surface area contributed by atoms with Crippen molar-refractivity contribution in [3.63, 3.8) is 0 Å². The summed E-state index contributed by atoms with van der Waals surface area (Å²) in [6.07, 6.45) is 2.05. The van der Waals surface area contributed by atoms with Crippen molar-refractivity contribution in [1.82, 2.24) is 24.5 Å². The van der Waals surface area contributed by atoms with Crippen molar-refractivity contribution < 1.29 is 23.7 Å². The predicted octanol–water partition coefficient (Wildman–Crippen LogP) is 6.82. The van der Waals surface area contributed by atoms with Gasteiger partial charge in [0.25, 0.3) is 5.91 Å². The smallest absolute Gasteiger partial charge is 0.360 e. The van der Waals surface area contributed by atoms with Crippen molar-refractivity contribution in [3.8, 4) is 0 Å². The van der Waals surface area contributed by atoms with Crippen LogP contribution in [-0.2, 0) is 19.4 Å². The molecule has 266 valence electrons. The summed E-state index contributed by atoms with van der Waals surface area (Å²) in [5.41, 5.74) is 3.41. The number of hydrogen-bond donors (Lipinski definition) is 3. The van der Waals surface area contributed by atoms with Crippen LogP contribution in [0.25, 0.3) is 11.0 Å². The normalized spacial score (nSPS) is 17.8. The summed E-state index contributed by atoms with van der Waals surface area (Å²) < 4.78 is 27.5. The lowest BCUT2D eigenvalue weighted by molar-refractivity contribution is -0.145. The topological polar surface area (TPSA) is 131 Å². The summed E-state index contributed by atoms with van der Waals surface area (Å²) in [5.74, 6) is 0.0831. The first-order chi connectivity index (χ1) is 25.4. The van der Waals surface area contributed by atoms with E-state index in [2.05, 4.69) is 61.7 Å². The highest BCUT2D eigenvalue weighted by molar-refractivity contribution is 7.83. The van der Waals surface area contributed by atoms with Crippen LogP contribution in [0.5, 0.6) is 0 Å². The summed E-state index contributed by atoms with van der Waals surface area (Å²) in [5, 5.41) is 15.4. The molecule has 3 atom stereocenters. The highest BCUT2D eigenvalue weighted by Crippen LogP contribution is 2.49. The van der Waals surface area contributed by atoms with Crippen LogP contribution in [0.4, 0.5) is 5.82 Å². The number of hydrogen-bond acceptors (Lipinski definition) is 8. The molecule has 3 unspecified atom stereocenters. The molecule has 1 fully saturated rings. The van der Waals surface area contributed by atoms with E-state index in [0.29, 0.717) is 35.5 Å². The number of amides is 1. The summed E-state index contributed by atoms with van der Waals surface area (Å²) >= 11 is 6.25. The van der Waals surface area contributed by atoms with Crippen LogP contribution in [0.2, 0.25) is 0 Å². The van der Waals surface area contributed by atoms with Crippen molar-refractivity contribution in [2.24, 2.45) is 0 Å². The molecule has 2 aromatic heterocycles. The largest absolute Gasteiger partial charge is 0.395 e. The first-order valence-corrected chi connectivity index (χ1v) is 19.5. The summed E-state index contributed by atoms with van der Waals surface area (Å²) in [7, 11) is 0. The van der Waals surface area contributed by atoms with Crippen molar-refractivity contribution in [1.29, 1.82) is 0 Å². The lowest BCUT2D eigenvalue weighted by atomic mass is 9.75. The van der Waals surface area contributed by atoms with Crippen LogP contribution < -0.4 is 10.4 Å². The van der Waals surface area contributed by atoms with Crippen LogP contribution in [0.1, 0.15) is 33.3 Å². The van der Waals surface area contributed by atoms with Gasteiger partial charge in [-0.2, -0.15) is 0 Å². The molecule has 11 nitrogen and oxygen atoms in total. The number of nitrogens with zero attached hydrogens (tertiary/aromatic N) is 4. The molecule has 6 aromatic rings. The van der Waals surface area contributed by atoms with E-state index in [-0.39, 0.29) is 25.7 Å². The van der Waals surface area contributed by atoms with Gasteiger partial charge in [-0.1, -0.05) is 109 Å². The van der Waals surface area contributed by atoms with Crippen molar-refractivity contribution in [2.45, 2.75) is 17.9 Å². The average molecular weight is 737 g/mol. The Morgan fingerprint density at radius 1 is 0.865 bits per heavy atom. The van der Waals surface area contributed by atoms with E-state index >= 15 is 0 Å². The van der Waals surface area contributed by atoms with Crippen molar-refractivity contribution in [3.05, 3.63) is 162 Å². The van der Waals surface area contributed by atoms with E-state index in [4.69, 9.17) is 20.5 Å². The first kappa shape index (κ1) is 35.7. The molecule has 0 aliphatic carbocycles. The Hall–Kier alpha value is -4.71. The number of carbonyl (C=O) groups excluding carboxylic acids is 1. The SMILES string of the molecule is O=C(Nc1ncnc2c1ccn2C1CN(C(c2ccccc2)(c2ccccc2)c2ccccc2)CC(COP(=O)(Cl)NCCO)O1)c1ccccc1. The van der Waals surface area contributed by atoms with Crippen LogP contribution in [0.15, 0.2) is 140 Å². The molecule has 3 heterocycles. The fourth-order valence-electron chi connectivity index (χ4n) is 6.90. The minimum atomic E-state index is -3.78. The number of benzene rings is 4. The maximum atomic E-state index is 13.1. The Morgan fingerprint density at radius 3 is 2.02 bits per heavy atom. The molecule has 0 bridgehead atoms. The highest BCUT2D eigenvalue weighted by atomic mass is 35.7. The second-order valence-electron chi connectivity index (χ2n) is 12.3. The number of fused-ring (bicyclic) bond motifs is 1. The number of halogens is 1. The van der Waals surface area contributed by atoms with Gasteiger partial charge in [0.15, 0.2) is 0 Å². The van der Waals surface area contributed by atoms with E-state index in [1.54, 1.807) is 24.3 Å². The Bertz CT molecular complexity index is 2050. The number of aliphatic hydroxyl groups excluding tert-OH is 1. The molecular formula is C39H38ClN6O5P. The van der Waals surface area contributed by atoms with Crippen LogP contribution in [0, 0.1) is 0 Å². The molecule has 0 spiro atoms. The molecule has 1 aliphatic heterocycles. The fourth-order valence-corrected chi connectivity index (χ4v) is 8.14. The van der Waals surface area contributed by atoms with Gasteiger partial charge in [-0.25, -0.2) is 15.1 Å². The second-order valence-corrected chi connectivity index (χ2v) is 15.2. The van der Waals surface area contributed by atoms with Gasteiger partial charge < -0.3 is 24.3 Å². The molecule has 3 N–H and O–H groups in total. The van der Waals surface area contributed by atoms with E-state index in [9.17, 15) is 14.5 Å². The molecule has 52 heavy (non-hydrogen) atoms. The van der Waals surface area contributed by atoms with E-state index < -0.39 is 24.7 Å². The van der Waals surface area contributed by atoms with Gasteiger partial charge in [0.2, 0.25) is 0 Å². The lowest BCUT2D eigenvalue weighted by Crippen LogP contribution is -2.57. The minimum Gasteiger partial charge on any atom is -0.395 e. The standard InChI is InChI=1S/C39H38ClN6O5P/c40-52(49,43-22-24-47)50-27-33-25-45(39(30-15-7-2-8-16-30,31-17-9-3-10-18-31)32-19-11-4-12-20-32)26-35(51-33)46-23-21-34-36(41-28-42-37(34)46)44-38(48)29-13-5-1-6-14-29/h1-21,23,28,33,35,47H,22,24-27H2,(H,43,49)(H,41,42,44,48). The maximum absolute atomic E-state index is 13.1. The summed E-state index contributed by atoms with van der Waals surface area (Å²) in [6.45, 7) is -3.35. The van der Waals surface area contributed by atoms with Gasteiger partial charge in [0, 0.05) is 31.4 Å². The van der Waals surface area contributed by atoms with Gasteiger partial charge in [-0.15, -0.1) is 0 Å². The Kier molecular flexibility index (Phi) is 10.9. The second kappa shape index (κ2) is 15.9. The van der Waals surface area contributed by atoms with E-state index in [1.807, 2.05) is 77.5 Å². The van der Waals surface area contributed by atoms with Gasteiger partial charge in [-0.3, -0.25) is 14.3 Å². The Balaban J connectivity index is 1.33. The molecule has 0 saturated carbocycles. The van der Waals surface area contributed by atoms with Crippen molar-refractivity contribution in [2.75, 3.05) is 38.2 Å². The minimum absolute atomic E-state index is 0.0123. The monoisotopic (exact) mass is 736 g/mol. The summed E-state index contributed by atoms with van der Waals surface area (Å²) in [4.78, 5) is 24.5. The molecule has 13 heteroatoms. The number of ether oxygens (including phenoxy) is 1. The van der Waals surface area contributed by atoms with Crippen molar-refractivity contribution >= 4 is 40.9 Å².